The highest BCUT2D eigenvalue weighted by Crippen LogP contribution is 2.39. The molecule has 1 heterocycles. The van der Waals surface area contributed by atoms with Crippen molar-refractivity contribution in [3.05, 3.63) is 57.5 Å². The maximum Gasteiger partial charge on any atom is 0.251 e. The molecule has 2 N–H and O–H groups in total. The first-order valence-electron chi connectivity index (χ1n) is 6.67. The average Bonchev–Trinajstić information content (AvgIpc) is 2.74. The largest absolute Gasteiger partial charge is 0.312 e. The van der Waals surface area contributed by atoms with Crippen LogP contribution in [0, 0.1) is 6.92 Å². The van der Waals surface area contributed by atoms with E-state index < -0.39 is 0 Å². The smallest absolute Gasteiger partial charge is 0.251 e. The van der Waals surface area contributed by atoms with Crippen LogP contribution in [0.15, 0.2) is 40.3 Å². The van der Waals surface area contributed by atoms with E-state index in [9.17, 15) is 4.79 Å². The molecule has 104 valence electrons. The first kappa shape index (κ1) is 13.4. The van der Waals surface area contributed by atoms with E-state index in [0.29, 0.717) is 16.4 Å². The minimum Gasteiger partial charge on any atom is -0.312 e. The number of aromatic amines is 1. The third-order valence-corrected chi connectivity index (χ3v) is 4.76. The lowest BCUT2D eigenvalue weighted by Crippen LogP contribution is -2.24. The zero-order valence-corrected chi connectivity index (χ0v) is 12.3. The molecule has 0 saturated carbocycles. The summed E-state index contributed by atoms with van der Waals surface area (Å²) < 4.78 is 0. The van der Waals surface area contributed by atoms with Gasteiger partial charge in [-0.2, -0.15) is 0 Å². The zero-order valence-electron chi connectivity index (χ0n) is 11.5. The highest BCUT2D eigenvalue weighted by molar-refractivity contribution is 7.99. The molecule has 5 heteroatoms. The first-order chi connectivity index (χ1) is 9.67. The predicted octanol–water partition coefficient (Wildman–Crippen LogP) is 2.06. The van der Waals surface area contributed by atoms with E-state index in [-0.39, 0.29) is 5.56 Å². The summed E-state index contributed by atoms with van der Waals surface area (Å²) in [7, 11) is 1.98. The molecule has 3 rings (SSSR count). The van der Waals surface area contributed by atoms with Gasteiger partial charge in [0.05, 0.1) is 0 Å². The van der Waals surface area contributed by atoms with Crippen molar-refractivity contribution in [2.75, 3.05) is 7.05 Å². The van der Waals surface area contributed by atoms with Crippen molar-refractivity contribution >= 4 is 11.8 Å². The lowest BCUT2D eigenvalue weighted by atomic mass is 10.1. The molecule has 0 saturated heterocycles. The van der Waals surface area contributed by atoms with Crippen LogP contribution >= 0.6 is 11.8 Å². The molecule has 2 aromatic rings. The highest BCUT2D eigenvalue weighted by Gasteiger charge is 2.32. The third kappa shape index (κ3) is 2.51. The Morgan fingerprint density at radius 2 is 2.20 bits per heavy atom. The summed E-state index contributed by atoms with van der Waals surface area (Å²) in [4.78, 5) is 18.8. The van der Waals surface area contributed by atoms with Gasteiger partial charge in [-0.1, -0.05) is 36.0 Å². The van der Waals surface area contributed by atoms with Crippen LogP contribution in [0.5, 0.6) is 0 Å². The van der Waals surface area contributed by atoms with E-state index in [4.69, 9.17) is 0 Å². The lowest BCUT2D eigenvalue weighted by Gasteiger charge is -2.18. The average molecular weight is 287 g/mol. The van der Waals surface area contributed by atoms with Crippen molar-refractivity contribution in [3.63, 3.8) is 0 Å². The summed E-state index contributed by atoms with van der Waals surface area (Å²) in [5.41, 5.74) is 3.39. The Labute approximate surface area is 122 Å². The van der Waals surface area contributed by atoms with Crippen LogP contribution in [0.25, 0.3) is 0 Å². The van der Waals surface area contributed by atoms with Crippen LogP contribution in [0.1, 0.15) is 22.9 Å². The molecule has 1 aliphatic carbocycles. The van der Waals surface area contributed by atoms with Gasteiger partial charge < -0.3 is 10.3 Å². The number of H-pyrrole nitrogens is 1. The molecule has 1 aromatic carbocycles. The quantitative estimate of drug-likeness (QED) is 0.848. The Morgan fingerprint density at radius 3 is 2.95 bits per heavy atom. The number of nitrogens with one attached hydrogen (secondary N) is 2. The molecule has 1 aliphatic rings. The van der Waals surface area contributed by atoms with E-state index in [0.717, 1.165) is 12.1 Å². The van der Waals surface area contributed by atoms with Crippen molar-refractivity contribution in [2.45, 2.75) is 29.8 Å². The topological polar surface area (TPSA) is 57.8 Å². The van der Waals surface area contributed by atoms with Crippen LogP contribution < -0.4 is 10.9 Å². The Morgan fingerprint density at radius 1 is 1.40 bits per heavy atom. The molecular formula is C15H17N3OS. The van der Waals surface area contributed by atoms with Crippen LogP contribution in [0.2, 0.25) is 0 Å². The minimum absolute atomic E-state index is 0.0866. The molecule has 0 amide bonds. The van der Waals surface area contributed by atoms with Gasteiger partial charge in [0.2, 0.25) is 0 Å². The number of aromatic nitrogens is 2. The number of nitrogens with zero attached hydrogens (tertiary/aromatic N) is 1. The molecule has 0 bridgehead atoms. The van der Waals surface area contributed by atoms with Crippen molar-refractivity contribution in [1.29, 1.82) is 0 Å². The Bertz CT molecular complexity index is 683. The zero-order chi connectivity index (χ0) is 14.1. The molecular weight excluding hydrogens is 270 g/mol. The van der Waals surface area contributed by atoms with Crippen LogP contribution in [-0.4, -0.2) is 22.3 Å². The summed E-state index contributed by atoms with van der Waals surface area (Å²) in [6, 6.07) is 10.3. The van der Waals surface area contributed by atoms with E-state index >= 15 is 0 Å². The highest BCUT2D eigenvalue weighted by atomic mass is 32.2. The Kier molecular flexibility index (Phi) is 3.63. The van der Waals surface area contributed by atoms with Gasteiger partial charge in [0.1, 0.15) is 0 Å². The monoisotopic (exact) mass is 287 g/mol. The minimum atomic E-state index is -0.0866. The molecule has 1 aromatic heterocycles. The van der Waals surface area contributed by atoms with Gasteiger partial charge in [-0.05, 0) is 31.5 Å². The van der Waals surface area contributed by atoms with E-state index in [1.54, 1.807) is 11.8 Å². The number of thioether (sulfide) groups is 1. The second kappa shape index (κ2) is 5.42. The summed E-state index contributed by atoms with van der Waals surface area (Å²) >= 11 is 1.64. The molecule has 0 radical (unpaired) electrons. The fourth-order valence-corrected chi connectivity index (χ4v) is 4.08. The van der Waals surface area contributed by atoms with Crippen molar-refractivity contribution < 1.29 is 0 Å². The predicted molar refractivity (Wildman–Crippen MR) is 81.2 cm³/mol. The van der Waals surface area contributed by atoms with Crippen molar-refractivity contribution in [3.8, 4) is 0 Å². The standard InChI is InChI=1S/C15H17N3OS/c1-9-7-13(19)18-15(17-9)20-12-8-10-5-3-4-6-11(10)14(12)16-2/h3-7,12,14,16H,8H2,1-2H3,(H,17,18,19). The van der Waals surface area contributed by atoms with Gasteiger partial charge in [-0.25, -0.2) is 4.98 Å². The van der Waals surface area contributed by atoms with Gasteiger partial charge in [-0.3, -0.25) is 4.79 Å². The number of hydrogen-bond acceptors (Lipinski definition) is 4. The Hall–Kier alpha value is -1.59. The number of fused-ring (bicyclic) bond motifs is 1. The van der Waals surface area contributed by atoms with E-state index in [1.807, 2.05) is 14.0 Å². The number of hydrogen-bond donors (Lipinski definition) is 2. The van der Waals surface area contributed by atoms with Gasteiger partial charge in [0.15, 0.2) is 5.16 Å². The van der Waals surface area contributed by atoms with Gasteiger partial charge >= 0.3 is 0 Å². The molecule has 2 atom stereocenters. The van der Waals surface area contributed by atoms with Gasteiger partial charge in [-0.15, -0.1) is 0 Å². The second-order valence-corrected chi connectivity index (χ2v) is 6.25. The van der Waals surface area contributed by atoms with Crippen molar-refractivity contribution in [2.24, 2.45) is 0 Å². The SMILES string of the molecule is CNC1c2ccccc2CC1Sc1nc(C)cc(=O)[nH]1. The number of benzene rings is 1. The fraction of sp³-hybridized carbons (Fsp3) is 0.333. The maximum atomic E-state index is 11.5. The molecule has 0 aliphatic heterocycles. The van der Waals surface area contributed by atoms with E-state index in [1.165, 1.54) is 17.2 Å². The third-order valence-electron chi connectivity index (χ3n) is 3.61. The molecule has 2 unspecified atom stereocenters. The van der Waals surface area contributed by atoms with Crippen LogP contribution in [0.4, 0.5) is 0 Å². The van der Waals surface area contributed by atoms with E-state index in [2.05, 4.69) is 39.6 Å². The summed E-state index contributed by atoms with van der Waals surface area (Å²) in [5.74, 6) is 0. The summed E-state index contributed by atoms with van der Waals surface area (Å²) in [6.45, 7) is 1.85. The fourth-order valence-electron chi connectivity index (χ4n) is 2.76. The van der Waals surface area contributed by atoms with Crippen LogP contribution in [0.3, 0.4) is 0 Å². The Balaban J connectivity index is 1.87. The lowest BCUT2D eigenvalue weighted by molar-refractivity contribution is 0.602. The summed E-state index contributed by atoms with van der Waals surface area (Å²) in [6.07, 6.45) is 0.990. The van der Waals surface area contributed by atoms with Crippen LogP contribution in [-0.2, 0) is 6.42 Å². The second-order valence-electron chi connectivity index (χ2n) is 5.02. The molecule has 0 fully saturated rings. The number of rotatable bonds is 3. The summed E-state index contributed by atoms with van der Waals surface area (Å²) in [5, 5.41) is 4.43. The van der Waals surface area contributed by atoms with Gasteiger partial charge in [0.25, 0.3) is 5.56 Å². The number of aryl methyl sites for hydroxylation is 1. The molecule has 20 heavy (non-hydrogen) atoms. The molecule has 0 spiro atoms. The first-order valence-corrected chi connectivity index (χ1v) is 7.55. The normalized spacial score (nSPS) is 20.9. The molecule has 4 nitrogen and oxygen atoms in total. The maximum absolute atomic E-state index is 11.5. The van der Waals surface area contributed by atoms with Gasteiger partial charge in [0, 0.05) is 23.1 Å². The van der Waals surface area contributed by atoms with Crippen molar-refractivity contribution in [1.82, 2.24) is 15.3 Å².